The molecule has 0 aliphatic carbocycles. The van der Waals surface area contributed by atoms with Crippen molar-refractivity contribution in [2.45, 2.75) is 6.42 Å². The molecule has 6 nitrogen and oxygen atoms in total. The molecule has 2 aromatic rings. The van der Waals surface area contributed by atoms with E-state index in [-0.39, 0.29) is 23.1 Å². The van der Waals surface area contributed by atoms with Crippen LogP contribution in [0.15, 0.2) is 54.1 Å². The molecule has 2 N–H and O–H groups in total. The Balaban J connectivity index is 2.09. The number of hydrogen-bond acceptors (Lipinski definition) is 4. The highest BCUT2D eigenvalue weighted by atomic mass is 16.6. The van der Waals surface area contributed by atoms with Crippen LogP contribution in [0.2, 0.25) is 0 Å². The van der Waals surface area contributed by atoms with Crippen molar-refractivity contribution in [3.05, 3.63) is 65.2 Å². The third-order valence-corrected chi connectivity index (χ3v) is 3.83. The molecule has 0 aromatic heterocycles. The Bertz CT molecular complexity index is 838. The van der Waals surface area contributed by atoms with Crippen molar-refractivity contribution in [1.82, 2.24) is 0 Å². The van der Waals surface area contributed by atoms with Crippen molar-refractivity contribution in [2.75, 3.05) is 13.2 Å². The molecule has 0 amide bonds. The van der Waals surface area contributed by atoms with Crippen LogP contribution < -0.4 is 9.47 Å². The maximum Gasteiger partial charge on any atom is 0.336 e. The largest absolute Gasteiger partial charge is 0.486 e. The summed E-state index contributed by atoms with van der Waals surface area (Å²) in [5.41, 5.74) is 0.546. The summed E-state index contributed by atoms with van der Waals surface area (Å²) in [7, 11) is 0. The molecule has 0 saturated heterocycles. The Morgan fingerprint density at radius 1 is 0.880 bits per heavy atom. The van der Waals surface area contributed by atoms with Gasteiger partial charge < -0.3 is 19.7 Å². The van der Waals surface area contributed by atoms with Gasteiger partial charge in [-0.3, -0.25) is 0 Å². The van der Waals surface area contributed by atoms with Crippen LogP contribution in [-0.2, 0) is 16.0 Å². The Morgan fingerprint density at radius 2 is 1.56 bits per heavy atom. The third-order valence-electron chi connectivity index (χ3n) is 3.83. The van der Waals surface area contributed by atoms with Crippen LogP contribution in [0.3, 0.4) is 0 Å². The van der Waals surface area contributed by atoms with Crippen molar-refractivity contribution in [3.63, 3.8) is 0 Å². The van der Waals surface area contributed by atoms with Gasteiger partial charge in [-0.1, -0.05) is 36.4 Å². The van der Waals surface area contributed by atoms with E-state index in [2.05, 4.69) is 0 Å². The first kappa shape index (κ1) is 16.6. The first-order valence-corrected chi connectivity index (χ1v) is 7.70. The molecule has 0 saturated carbocycles. The number of carboxylic acids is 2. The molecule has 0 spiro atoms. The number of fused-ring (bicyclic) bond motifs is 1. The van der Waals surface area contributed by atoms with Gasteiger partial charge >= 0.3 is 11.9 Å². The fourth-order valence-electron chi connectivity index (χ4n) is 2.70. The van der Waals surface area contributed by atoms with Crippen molar-refractivity contribution in [2.24, 2.45) is 0 Å². The fourth-order valence-corrected chi connectivity index (χ4v) is 2.70. The first-order chi connectivity index (χ1) is 12.1. The van der Waals surface area contributed by atoms with Gasteiger partial charge in [0, 0.05) is 6.42 Å². The second-order valence-electron chi connectivity index (χ2n) is 5.48. The van der Waals surface area contributed by atoms with Crippen LogP contribution in [0.4, 0.5) is 0 Å². The molecule has 0 unspecified atom stereocenters. The minimum Gasteiger partial charge on any atom is -0.486 e. The zero-order chi connectivity index (χ0) is 17.8. The van der Waals surface area contributed by atoms with Crippen LogP contribution in [-0.4, -0.2) is 35.4 Å². The van der Waals surface area contributed by atoms with Crippen molar-refractivity contribution >= 4 is 17.5 Å². The minimum atomic E-state index is -1.30. The number of aliphatic carboxylic acids is 2. The molecular formula is C19H16O6. The normalized spacial score (nSPS) is 13.8. The molecule has 1 heterocycles. The van der Waals surface area contributed by atoms with Crippen LogP contribution >= 0.6 is 0 Å². The zero-order valence-electron chi connectivity index (χ0n) is 13.3. The zero-order valence-corrected chi connectivity index (χ0v) is 13.3. The Morgan fingerprint density at radius 3 is 2.20 bits per heavy atom. The third kappa shape index (κ3) is 3.63. The first-order valence-electron chi connectivity index (χ1n) is 7.70. The average Bonchev–Trinajstić information content (AvgIpc) is 2.61. The van der Waals surface area contributed by atoms with Gasteiger partial charge in [0.15, 0.2) is 11.5 Å². The maximum atomic E-state index is 11.8. The Labute approximate surface area is 143 Å². The van der Waals surface area contributed by atoms with Gasteiger partial charge in [-0.15, -0.1) is 0 Å². The van der Waals surface area contributed by atoms with E-state index in [4.69, 9.17) is 9.47 Å². The summed E-state index contributed by atoms with van der Waals surface area (Å²) in [6.45, 7) is 0.779. The lowest BCUT2D eigenvalue weighted by molar-refractivity contribution is -0.134. The predicted molar refractivity (Wildman–Crippen MR) is 89.8 cm³/mol. The predicted octanol–water partition coefficient (Wildman–Crippen LogP) is 2.62. The summed E-state index contributed by atoms with van der Waals surface area (Å²) in [5.74, 6) is -1.65. The number of benzene rings is 2. The molecule has 1 aliphatic rings. The van der Waals surface area contributed by atoms with E-state index in [1.54, 1.807) is 30.3 Å². The number of carbonyl (C=O) groups is 2. The summed E-state index contributed by atoms with van der Waals surface area (Å²) in [5, 5.41) is 19.2. The Kier molecular flexibility index (Phi) is 4.70. The second-order valence-corrected chi connectivity index (χ2v) is 5.48. The topological polar surface area (TPSA) is 93.1 Å². The number of rotatable bonds is 5. The van der Waals surface area contributed by atoms with Crippen LogP contribution in [0, 0.1) is 0 Å². The maximum absolute atomic E-state index is 11.8. The van der Waals surface area contributed by atoms with E-state index in [0.29, 0.717) is 24.7 Å². The van der Waals surface area contributed by atoms with Crippen LogP contribution in [0.5, 0.6) is 11.5 Å². The lowest BCUT2D eigenvalue weighted by Gasteiger charge is -2.19. The number of ether oxygens (including phenoxy) is 2. The molecule has 6 heteroatoms. The number of hydrogen-bond donors (Lipinski definition) is 2. The van der Waals surface area contributed by atoms with Gasteiger partial charge in [-0.2, -0.15) is 0 Å². The van der Waals surface area contributed by atoms with E-state index < -0.39 is 11.9 Å². The SMILES string of the molecule is O=C(O)/C(Cc1ccccc1)=C(\C(=O)O)c1ccc2c(c1)OCCO2. The monoisotopic (exact) mass is 340 g/mol. The van der Waals surface area contributed by atoms with Gasteiger partial charge in [0.05, 0.1) is 11.1 Å². The molecule has 0 fully saturated rings. The van der Waals surface area contributed by atoms with Crippen molar-refractivity contribution < 1.29 is 29.3 Å². The molecule has 128 valence electrons. The lowest BCUT2D eigenvalue weighted by Crippen LogP contribution is -2.16. The molecule has 0 radical (unpaired) electrons. The summed E-state index contributed by atoms with van der Waals surface area (Å²) < 4.78 is 10.9. The molecule has 25 heavy (non-hydrogen) atoms. The number of carboxylic acid groups (broad SMARTS) is 2. The fraction of sp³-hybridized carbons (Fsp3) is 0.158. The standard InChI is InChI=1S/C19H16O6/c20-18(21)14(10-12-4-2-1-3-5-12)17(19(22)23)13-6-7-15-16(11-13)25-9-8-24-15/h1-7,11H,8-10H2,(H,20,21)(H,22,23)/b17-14-. The van der Waals surface area contributed by atoms with Crippen molar-refractivity contribution in [1.29, 1.82) is 0 Å². The average molecular weight is 340 g/mol. The summed E-state index contributed by atoms with van der Waals surface area (Å²) >= 11 is 0. The van der Waals surface area contributed by atoms with Gasteiger partial charge in [0.25, 0.3) is 0 Å². The quantitative estimate of drug-likeness (QED) is 0.813. The highest BCUT2D eigenvalue weighted by molar-refractivity contribution is 6.22. The molecule has 0 bridgehead atoms. The molecule has 3 rings (SSSR count). The second kappa shape index (κ2) is 7.09. The van der Waals surface area contributed by atoms with Crippen LogP contribution in [0.1, 0.15) is 11.1 Å². The Hall–Kier alpha value is -3.28. The minimum absolute atomic E-state index is 0.00620. The molecule has 2 aromatic carbocycles. The smallest absolute Gasteiger partial charge is 0.336 e. The lowest BCUT2D eigenvalue weighted by atomic mass is 9.94. The molecular weight excluding hydrogens is 324 g/mol. The highest BCUT2D eigenvalue weighted by Crippen LogP contribution is 2.34. The van der Waals surface area contributed by atoms with E-state index in [9.17, 15) is 19.8 Å². The van der Waals surface area contributed by atoms with E-state index >= 15 is 0 Å². The van der Waals surface area contributed by atoms with Crippen molar-refractivity contribution in [3.8, 4) is 11.5 Å². The molecule has 1 aliphatic heterocycles. The van der Waals surface area contributed by atoms with E-state index in [1.165, 1.54) is 12.1 Å². The van der Waals surface area contributed by atoms with Gasteiger partial charge in [0.2, 0.25) is 0 Å². The van der Waals surface area contributed by atoms with E-state index in [1.807, 2.05) is 6.07 Å². The van der Waals surface area contributed by atoms with E-state index in [0.717, 1.165) is 5.56 Å². The van der Waals surface area contributed by atoms with Gasteiger partial charge in [-0.25, -0.2) is 9.59 Å². The molecule has 0 atom stereocenters. The van der Waals surface area contributed by atoms with Gasteiger partial charge in [0.1, 0.15) is 13.2 Å². The summed E-state index contributed by atoms with van der Waals surface area (Å²) in [6, 6.07) is 13.5. The highest BCUT2D eigenvalue weighted by Gasteiger charge is 2.24. The summed E-state index contributed by atoms with van der Waals surface area (Å²) in [6.07, 6.45) is 0.00620. The van der Waals surface area contributed by atoms with Crippen LogP contribution in [0.25, 0.3) is 5.57 Å². The summed E-state index contributed by atoms with van der Waals surface area (Å²) in [4.78, 5) is 23.5. The van der Waals surface area contributed by atoms with Gasteiger partial charge in [-0.05, 0) is 23.3 Å².